The van der Waals surface area contributed by atoms with Crippen LogP contribution >= 0.6 is 0 Å². The molecule has 3 N–H and O–H groups in total. The third-order valence-electron chi connectivity index (χ3n) is 1.05. The summed E-state index contributed by atoms with van der Waals surface area (Å²) in [5.41, 5.74) is 4.81. The normalized spacial score (nSPS) is 10.7. The van der Waals surface area contributed by atoms with Gasteiger partial charge in [-0.15, -0.1) is 0 Å². The zero-order chi connectivity index (χ0) is 10.5. The number of carbonyl (C=O) groups excluding carboxylic acids is 2. The quantitative estimate of drug-likeness (QED) is 0.651. The fourth-order valence-corrected chi connectivity index (χ4v) is 1.47. The molecule has 0 bridgehead atoms. The minimum absolute atomic E-state index is 0.174. The first-order valence-electron chi connectivity index (χ1n) is 4.06. The van der Waals surface area contributed by atoms with Crippen LogP contribution in [0.4, 0.5) is 4.79 Å². The highest BCUT2D eigenvalue weighted by molar-refractivity contribution is 6.71. The van der Waals surface area contributed by atoms with Crippen molar-refractivity contribution in [1.82, 2.24) is 5.32 Å². The molecule has 0 saturated carbocycles. The highest BCUT2D eigenvalue weighted by Crippen LogP contribution is 2.03. The number of hydrogen-bond donors (Lipinski definition) is 2. The summed E-state index contributed by atoms with van der Waals surface area (Å²) in [6.45, 7) is 6.00. The van der Waals surface area contributed by atoms with Crippen molar-refractivity contribution < 1.29 is 14.0 Å². The lowest BCUT2D eigenvalue weighted by Crippen LogP contribution is -2.34. The molecule has 0 aromatic heterocycles. The van der Waals surface area contributed by atoms with E-state index in [9.17, 15) is 9.59 Å². The first-order valence-corrected chi connectivity index (χ1v) is 7.47. The van der Waals surface area contributed by atoms with Gasteiger partial charge in [-0.05, 0) is 19.6 Å². The Morgan fingerprint density at radius 3 is 2.31 bits per heavy atom. The zero-order valence-corrected chi connectivity index (χ0v) is 9.22. The molecule has 0 spiro atoms. The van der Waals surface area contributed by atoms with Gasteiger partial charge >= 0.3 is 6.03 Å². The number of nitrogens with one attached hydrogen (secondary N) is 1. The van der Waals surface area contributed by atoms with Crippen molar-refractivity contribution >= 4 is 20.3 Å². The lowest BCUT2D eigenvalue weighted by molar-refractivity contribution is -0.134. The van der Waals surface area contributed by atoms with E-state index in [0.717, 1.165) is 0 Å². The maximum Gasteiger partial charge on any atom is 0.312 e. The molecule has 2 amide bonds. The number of urea groups is 1. The molecule has 0 fully saturated rings. The molecule has 0 rings (SSSR count). The first-order chi connectivity index (χ1) is 5.81. The molecule has 0 heterocycles. The lowest BCUT2D eigenvalue weighted by Gasteiger charge is -2.17. The average molecular weight is 204 g/mol. The van der Waals surface area contributed by atoms with Gasteiger partial charge in [-0.25, -0.2) is 4.79 Å². The van der Waals surface area contributed by atoms with Crippen molar-refractivity contribution in [2.24, 2.45) is 5.73 Å². The fraction of sp³-hybridized carbons (Fsp3) is 0.714. The van der Waals surface area contributed by atoms with Gasteiger partial charge in [-0.2, -0.15) is 0 Å². The van der Waals surface area contributed by atoms with Crippen LogP contribution in [0.3, 0.4) is 0 Å². The van der Waals surface area contributed by atoms with Crippen LogP contribution in [0.2, 0.25) is 19.6 Å². The summed E-state index contributed by atoms with van der Waals surface area (Å²) >= 11 is 0. The van der Waals surface area contributed by atoms with Crippen LogP contribution in [0.25, 0.3) is 0 Å². The van der Waals surface area contributed by atoms with Crippen LogP contribution in [-0.4, -0.2) is 26.9 Å². The van der Waals surface area contributed by atoms with Crippen LogP contribution in [-0.2, 0) is 9.22 Å². The molecule has 0 unspecified atom stereocenters. The van der Waals surface area contributed by atoms with E-state index >= 15 is 0 Å². The largest absolute Gasteiger partial charge is 0.520 e. The van der Waals surface area contributed by atoms with Crippen LogP contribution in [0, 0.1) is 0 Å². The Bertz CT molecular complexity index is 200. The van der Waals surface area contributed by atoms with Crippen molar-refractivity contribution in [3.63, 3.8) is 0 Å². The Kier molecular flexibility index (Phi) is 4.47. The molecule has 0 aliphatic heterocycles. The van der Waals surface area contributed by atoms with Gasteiger partial charge < -0.3 is 15.5 Å². The second-order valence-corrected chi connectivity index (χ2v) is 8.06. The zero-order valence-electron chi connectivity index (χ0n) is 8.22. The molecule has 0 aromatic carbocycles. The smallest absolute Gasteiger partial charge is 0.312 e. The topological polar surface area (TPSA) is 81.4 Å². The summed E-state index contributed by atoms with van der Waals surface area (Å²) in [4.78, 5) is 21.3. The van der Waals surface area contributed by atoms with Crippen molar-refractivity contribution in [3.8, 4) is 0 Å². The van der Waals surface area contributed by atoms with Crippen LogP contribution in [0.5, 0.6) is 0 Å². The van der Waals surface area contributed by atoms with Gasteiger partial charge in [0.25, 0.3) is 5.97 Å². The second-order valence-electron chi connectivity index (χ2n) is 3.63. The van der Waals surface area contributed by atoms with E-state index < -0.39 is 14.3 Å². The molecule has 13 heavy (non-hydrogen) atoms. The van der Waals surface area contributed by atoms with E-state index in [-0.39, 0.29) is 18.9 Å². The summed E-state index contributed by atoms with van der Waals surface area (Å²) in [7, 11) is -1.79. The van der Waals surface area contributed by atoms with Gasteiger partial charge in [0, 0.05) is 6.54 Å². The predicted molar refractivity (Wildman–Crippen MR) is 51.6 cm³/mol. The Labute approximate surface area is 78.8 Å². The highest BCUT2D eigenvalue weighted by atomic mass is 28.4. The summed E-state index contributed by atoms with van der Waals surface area (Å²) < 4.78 is 5.13. The number of nitrogens with two attached hydrogens (primary N) is 1. The van der Waals surface area contributed by atoms with E-state index in [0.29, 0.717) is 0 Å². The summed E-state index contributed by atoms with van der Waals surface area (Å²) in [6.07, 6.45) is 0.174. The Morgan fingerprint density at radius 1 is 1.38 bits per heavy atom. The molecule has 6 heteroatoms. The second kappa shape index (κ2) is 4.86. The summed E-state index contributed by atoms with van der Waals surface area (Å²) in [5.74, 6) is -0.284. The highest BCUT2D eigenvalue weighted by Gasteiger charge is 2.19. The fourth-order valence-electron chi connectivity index (χ4n) is 0.680. The van der Waals surface area contributed by atoms with E-state index in [1.165, 1.54) is 0 Å². The molecular formula is C7H16N2O3Si. The molecular weight excluding hydrogens is 188 g/mol. The van der Waals surface area contributed by atoms with Gasteiger partial charge in [0.05, 0.1) is 6.42 Å². The van der Waals surface area contributed by atoms with Crippen molar-refractivity contribution in [3.05, 3.63) is 0 Å². The average Bonchev–Trinajstić information content (AvgIpc) is 1.81. The maximum atomic E-state index is 11.1. The molecule has 0 atom stereocenters. The number of primary amides is 1. The SMILES string of the molecule is C[Si](C)(C)OC(=O)CCNC(N)=O. The van der Waals surface area contributed by atoms with Gasteiger partial charge in [-0.3, -0.25) is 4.79 Å². The first kappa shape index (κ1) is 12.0. The third-order valence-corrected chi connectivity index (χ3v) is 1.89. The van der Waals surface area contributed by atoms with Gasteiger partial charge in [-0.1, -0.05) is 0 Å². The molecule has 5 nitrogen and oxygen atoms in total. The lowest BCUT2D eigenvalue weighted by atomic mass is 10.4. The van der Waals surface area contributed by atoms with Gasteiger partial charge in [0.15, 0.2) is 0 Å². The standard InChI is InChI=1S/C7H16N2O3Si/c1-13(2,3)12-6(10)4-5-9-7(8)11/h4-5H2,1-3H3,(H3,8,9,11). The van der Waals surface area contributed by atoms with E-state index in [1.807, 2.05) is 19.6 Å². The molecule has 0 saturated heterocycles. The van der Waals surface area contributed by atoms with Gasteiger partial charge in [0.1, 0.15) is 0 Å². The van der Waals surface area contributed by atoms with Crippen LogP contribution in [0.15, 0.2) is 0 Å². The summed E-state index contributed by atoms with van der Waals surface area (Å²) in [5, 5.41) is 2.32. The van der Waals surface area contributed by atoms with E-state index in [2.05, 4.69) is 5.32 Å². The van der Waals surface area contributed by atoms with Crippen LogP contribution in [0.1, 0.15) is 6.42 Å². The molecule has 0 aliphatic rings. The minimum atomic E-state index is -1.79. The van der Waals surface area contributed by atoms with Crippen molar-refractivity contribution in [2.75, 3.05) is 6.54 Å². The number of carbonyl (C=O) groups is 2. The number of amides is 2. The third kappa shape index (κ3) is 8.87. The van der Waals surface area contributed by atoms with E-state index in [4.69, 9.17) is 10.2 Å². The Balaban J connectivity index is 3.59. The number of hydrogen-bond acceptors (Lipinski definition) is 3. The monoisotopic (exact) mass is 204 g/mol. The predicted octanol–water partition coefficient (Wildman–Crippen LogP) is 0.423. The maximum absolute atomic E-state index is 11.1. The van der Waals surface area contributed by atoms with Crippen molar-refractivity contribution in [2.45, 2.75) is 26.1 Å². The Hall–Kier alpha value is -1.04. The molecule has 76 valence electrons. The summed E-state index contributed by atoms with van der Waals surface area (Å²) in [6, 6.07) is -0.624. The molecule has 0 aromatic rings. The number of rotatable bonds is 4. The van der Waals surface area contributed by atoms with Crippen LogP contribution < -0.4 is 11.1 Å². The molecule has 0 aliphatic carbocycles. The van der Waals surface area contributed by atoms with Gasteiger partial charge in [0.2, 0.25) is 8.32 Å². The van der Waals surface area contributed by atoms with Crippen molar-refractivity contribution in [1.29, 1.82) is 0 Å². The molecule has 0 radical (unpaired) electrons. The van der Waals surface area contributed by atoms with E-state index in [1.54, 1.807) is 0 Å². The Morgan fingerprint density at radius 2 is 1.92 bits per heavy atom. The minimum Gasteiger partial charge on any atom is -0.520 e.